The Morgan fingerprint density at radius 1 is 1.14 bits per heavy atom. The molecule has 0 bridgehead atoms. The van der Waals surface area contributed by atoms with E-state index in [2.05, 4.69) is 9.98 Å². The minimum Gasteiger partial charge on any atom is -0.211 e. The van der Waals surface area contributed by atoms with Crippen LogP contribution in [0.15, 0.2) is 22.1 Å². The Morgan fingerprint density at radius 2 is 1.71 bits per heavy atom. The van der Waals surface area contributed by atoms with Gasteiger partial charge in [-0.3, -0.25) is 0 Å². The largest absolute Gasteiger partial charge is 0.240 e. The molecule has 1 rings (SSSR count). The number of rotatable bonds is 2. The maximum atomic E-state index is 10.0. The lowest BCUT2D eigenvalue weighted by Gasteiger charge is -2.00. The second-order valence-electron chi connectivity index (χ2n) is 2.50. The number of carbonyl (C=O) groups excluding carboxylic acids is 2. The van der Waals surface area contributed by atoms with Gasteiger partial charge in [0.05, 0.1) is 16.4 Å². The fourth-order valence-electron chi connectivity index (χ4n) is 0.955. The molecule has 14 heavy (non-hydrogen) atoms. The molecule has 0 heterocycles. The third kappa shape index (κ3) is 2.15. The monoisotopic (exact) mass is 208 g/mol. The van der Waals surface area contributed by atoms with Crippen molar-refractivity contribution in [3.8, 4) is 0 Å². The number of hydrogen-bond acceptors (Lipinski definition) is 4. The van der Waals surface area contributed by atoms with Crippen molar-refractivity contribution in [2.45, 2.75) is 6.92 Å². The molecule has 0 fully saturated rings. The molecule has 0 atom stereocenters. The minimum absolute atomic E-state index is 0.237. The number of isocyanates is 2. The van der Waals surface area contributed by atoms with Crippen LogP contribution in [0, 0.1) is 6.92 Å². The second kappa shape index (κ2) is 4.49. The van der Waals surface area contributed by atoms with Gasteiger partial charge in [0.25, 0.3) is 0 Å². The molecule has 4 nitrogen and oxygen atoms in total. The van der Waals surface area contributed by atoms with Crippen LogP contribution in [0.2, 0.25) is 5.02 Å². The van der Waals surface area contributed by atoms with Crippen molar-refractivity contribution >= 4 is 35.1 Å². The molecule has 0 saturated heterocycles. The summed E-state index contributed by atoms with van der Waals surface area (Å²) in [5, 5.41) is 0.315. The molecule has 1 aromatic carbocycles. The summed E-state index contributed by atoms with van der Waals surface area (Å²) in [6, 6.07) is 2.99. The molecule has 0 N–H and O–H groups in total. The lowest BCUT2D eigenvalue weighted by molar-refractivity contribution is 0.565. The zero-order valence-corrected chi connectivity index (χ0v) is 8.00. The standard InChI is InChI=1S/C9H5ClN2O2/c1-6-2-7(10)9(12-5-14)3-8(6)11-4-13/h2-3H,1H3. The fourth-order valence-corrected chi connectivity index (χ4v) is 1.22. The smallest absolute Gasteiger partial charge is 0.211 e. The normalized spacial score (nSPS) is 8.71. The van der Waals surface area contributed by atoms with Crippen LogP contribution in [0.25, 0.3) is 0 Å². The Bertz CT molecular complexity index is 419. The summed E-state index contributed by atoms with van der Waals surface area (Å²) in [7, 11) is 0. The first-order valence-corrected chi connectivity index (χ1v) is 4.02. The Hall–Kier alpha value is -1.73. The van der Waals surface area contributed by atoms with Gasteiger partial charge < -0.3 is 0 Å². The quantitative estimate of drug-likeness (QED) is 0.554. The molecule has 0 aliphatic heterocycles. The lowest BCUT2D eigenvalue weighted by atomic mass is 10.2. The molecule has 0 spiro atoms. The first kappa shape index (κ1) is 10.4. The maximum Gasteiger partial charge on any atom is 0.240 e. The van der Waals surface area contributed by atoms with Gasteiger partial charge in [0.15, 0.2) is 0 Å². The third-order valence-electron chi connectivity index (χ3n) is 1.60. The number of nitrogens with zero attached hydrogens (tertiary/aromatic N) is 2. The van der Waals surface area contributed by atoms with Crippen molar-refractivity contribution in [2.75, 3.05) is 0 Å². The second-order valence-corrected chi connectivity index (χ2v) is 2.90. The van der Waals surface area contributed by atoms with Crippen molar-refractivity contribution in [3.05, 3.63) is 22.7 Å². The van der Waals surface area contributed by atoms with E-state index >= 15 is 0 Å². The summed E-state index contributed by atoms with van der Waals surface area (Å²) >= 11 is 5.77. The predicted octanol–water partition coefficient (Wildman–Crippen LogP) is 2.58. The van der Waals surface area contributed by atoms with Crippen LogP contribution < -0.4 is 0 Å². The zero-order valence-electron chi connectivity index (χ0n) is 7.24. The Balaban J connectivity index is 3.40. The molecule has 70 valence electrons. The van der Waals surface area contributed by atoms with Crippen molar-refractivity contribution < 1.29 is 9.59 Å². The Morgan fingerprint density at radius 3 is 2.29 bits per heavy atom. The van der Waals surface area contributed by atoms with Crippen molar-refractivity contribution in [1.82, 2.24) is 0 Å². The van der Waals surface area contributed by atoms with E-state index in [1.807, 2.05) is 0 Å². The minimum atomic E-state index is 0.237. The van der Waals surface area contributed by atoms with E-state index in [9.17, 15) is 9.59 Å². The molecule has 0 aliphatic carbocycles. The summed E-state index contributed by atoms with van der Waals surface area (Å²) < 4.78 is 0. The first-order valence-electron chi connectivity index (χ1n) is 3.65. The lowest BCUT2D eigenvalue weighted by Crippen LogP contribution is -1.76. The Kier molecular flexibility index (Phi) is 3.32. The van der Waals surface area contributed by atoms with Gasteiger partial charge in [-0.15, -0.1) is 0 Å². The van der Waals surface area contributed by atoms with E-state index in [0.717, 1.165) is 0 Å². The topological polar surface area (TPSA) is 58.9 Å². The molecule has 0 saturated carbocycles. The van der Waals surface area contributed by atoms with Crippen LogP contribution in [0.1, 0.15) is 5.56 Å². The van der Waals surface area contributed by atoms with Gasteiger partial charge in [0, 0.05) is 0 Å². The average molecular weight is 209 g/mol. The molecule has 1 aromatic rings. The highest BCUT2D eigenvalue weighted by atomic mass is 35.5. The summed E-state index contributed by atoms with van der Waals surface area (Å²) in [5.74, 6) is 0. The van der Waals surface area contributed by atoms with E-state index in [1.54, 1.807) is 13.0 Å². The molecule has 0 amide bonds. The number of halogens is 1. The number of aryl methyl sites for hydroxylation is 1. The maximum absolute atomic E-state index is 10.0. The summed E-state index contributed by atoms with van der Waals surface area (Å²) in [6.07, 6.45) is 2.77. The number of aliphatic imine (C=N–C) groups is 2. The van der Waals surface area contributed by atoms with Crippen LogP contribution in [-0.2, 0) is 9.59 Å². The molecule has 0 aromatic heterocycles. The summed E-state index contributed by atoms with van der Waals surface area (Å²) in [5.41, 5.74) is 1.34. The summed E-state index contributed by atoms with van der Waals surface area (Å²) in [6.45, 7) is 1.73. The van der Waals surface area contributed by atoms with E-state index in [4.69, 9.17) is 11.6 Å². The van der Waals surface area contributed by atoms with Gasteiger partial charge in [-0.1, -0.05) is 11.6 Å². The molecule has 0 aliphatic rings. The van der Waals surface area contributed by atoms with E-state index in [1.165, 1.54) is 18.2 Å². The van der Waals surface area contributed by atoms with Gasteiger partial charge in [-0.05, 0) is 24.6 Å². The highest BCUT2D eigenvalue weighted by Gasteiger charge is 2.04. The summed E-state index contributed by atoms with van der Waals surface area (Å²) in [4.78, 5) is 26.9. The van der Waals surface area contributed by atoms with Crippen molar-refractivity contribution in [1.29, 1.82) is 0 Å². The van der Waals surface area contributed by atoms with Crippen molar-refractivity contribution in [3.63, 3.8) is 0 Å². The SMILES string of the molecule is Cc1cc(Cl)c(N=C=O)cc1N=C=O. The van der Waals surface area contributed by atoms with Crippen LogP contribution >= 0.6 is 11.6 Å². The molecular weight excluding hydrogens is 204 g/mol. The number of benzene rings is 1. The van der Waals surface area contributed by atoms with Gasteiger partial charge in [-0.2, -0.15) is 9.98 Å². The molecular formula is C9H5ClN2O2. The average Bonchev–Trinajstić information content (AvgIpc) is 2.14. The van der Waals surface area contributed by atoms with Crippen LogP contribution in [0.5, 0.6) is 0 Å². The van der Waals surface area contributed by atoms with Gasteiger partial charge in [-0.25, -0.2) is 9.59 Å². The van der Waals surface area contributed by atoms with Crippen LogP contribution in [0.3, 0.4) is 0 Å². The number of hydrogen-bond donors (Lipinski definition) is 0. The third-order valence-corrected chi connectivity index (χ3v) is 1.90. The van der Waals surface area contributed by atoms with Gasteiger partial charge in [0.1, 0.15) is 0 Å². The Labute approximate surface area is 84.9 Å². The molecule has 5 heteroatoms. The van der Waals surface area contributed by atoms with E-state index in [0.29, 0.717) is 16.3 Å². The van der Waals surface area contributed by atoms with Gasteiger partial charge >= 0.3 is 0 Å². The van der Waals surface area contributed by atoms with E-state index in [-0.39, 0.29) is 5.69 Å². The van der Waals surface area contributed by atoms with Crippen molar-refractivity contribution in [2.24, 2.45) is 9.98 Å². The first-order chi connectivity index (χ1) is 6.69. The highest BCUT2D eigenvalue weighted by molar-refractivity contribution is 6.33. The predicted molar refractivity (Wildman–Crippen MR) is 51.8 cm³/mol. The van der Waals surface area contributed by atoms with Crippen LogP contribution in [-0.4, -0.2) is 12.2 Å². The zero-order chi connectivity index (χ0) is 10.6. The fraction of sp³-hybridized carbons (Fsp3) is 0.111. The molecule has 0 radical (unpaired) electrons. The highest BCUT2D eigenvalue weighted by Crippen LogP contribution is 2.32. The molecule has 0 unspecified atom stereocenters. The van der Waals surface area contributed by atoms with Gasteiger partial charge in [0.2, 0.25) is 12.2 Å². The van der Waals surface area contributed by atoms with E-state index < -0.39 is 0 Å². The van der Waals surface area contributed by atoms with Crippen LogP contribution in [0.4, 0.5) is 11.4 Å².